The maximum absolute atomic E-state index is 5.06. The molecule has 9 rings (SSSR count). The SMILES string of the molecule is [C-]1=CC2C3C=CC1(c1ccc4c(-c5ccccc5)cccc4n1)C=CC23.[Ir].[c-]1ccccc1-c1ccccn1. The summed E-state index contributed by atoms with van der Waals surface area (Å²) in [6.45, 7) is 0. The predicted molar refractivity (Wildman–Crippen MR) is 154 cm³/mol. The standard InChI is InChI=1S/C25H18N.C11H8N.Ir/c1-2-5-17(6-3-1)18-7-4-8-23-22(18)9-10-24(26-23)25-14-11-19-20(12-15-25)21(19)13-16-25;1-2-6-10(7-3-1)11-8-4-5-9-12-11;/h1-15,19-21H;1-6,8-9H;/q2*-1;. The van der Waals surface area contributed by atoms with Crippen LogP contribution >= 0.6 is 0 Å². The molecule has 3 aromatic carbocycles. The van der Waals surface area contributed by atoms with Crippen molar-refractivity contribution in [2.45, 2.75) is 5.41 Å². The van der Waals surface area contributed by atoms with Gasteiger partial charge >= 0.3 is 0 Å². The van der Waals surface area contributed by atoms with E-state index in [1.165, 1.54) is 16.5 Å². The number of allylic oxidation sites excluding steroid dienone is 6. The summed E-state index contributed by atoms with van der Waals surface area (Å²) in [5, 5.41) is 1.20. The molecular weight excluding hydrogens is 653 g/mol. The first-order valence-corrected chi connectivity index (χ1v) is 13.1. The van der Waals surface area contributed by atoms with Crippen molar-refractivity contribution in [1.29, 1.82) is 0 Å². The van der Waals surface area contributed by atoms with Gasteiger partial charge in [0.25, 0.3) is 0 Å². The van der Waals surface area contributed by atoms with Crippen LogP contribution in [0, 0.1) is 29.9 Å². The summed E-state index contributed by atoms with van der Waals surface area (Å²) in [6.07, 6.45) is 17.1. The van der Waals surface area contributed by atoms with Crippen molar-refractivity contribution in [3.8, 4) is 22.4 Å². The molecule has 2 nitrogen and oxygen atoms in total. The van der Waals surface area contributed by atoms with Gasteiger partial charge in [0, 0.05) is 37.4 Å². The van der Waals surface area contributed by atoms with Gasteiger partial charge in [0.05, 0.1) is 5.52 Å². The Labute approximate surface area is 243 Å². The third-order valence-corrected chi connectivity index (χ3v) is 7.76. The molecular formula is C36H26IrN2-2. The van der Waals surface area contributed by atoms with E-state index in [1.54, 1.807) is 6.20 Å². The molecule has 191 valence electrons. The van der Waals surface area contributed by atoms with Gasteiger partial charge in [-0.15, -0.1) is 48.0 Å². The number of pyridine rings is 2. The van der Waals surface area contributed by atoms with E-state index in [9.17, 15) is 0 Å². The Balaban J connectivity index is 0.000000180. The van der Waals surface area contributed by atoms with E-state index in [-0.39, 0.29) is 25.5 Å². The van der Waals surface area contributed by atoms with E-state index in [4.69, 9.17) is 4.98 Å². The van der Waals surface area contributed by atoms with Gasteiger partial charge in [0.1, 0.15) is 0 Å². The minimum absolute atomic E-state index is 0. The fourth-order valence-electron chi connectivity index (χ4n) is 5.61. The Hall–Kier alpha value is -3.91. The Bertz CT molecular complexity index is 1580. The smallest absolute Gasteiger partial charge is 0.0710 e. The first kappa shape index (κ1) is 25.4. The molecule has 5 aromatic rings. The number of hydrogen-bond donors (Lipinski definition) is 0. The molecule has 0 amide bonds. The number of benzene rings is 3. The molecule has 0 N–H and O–H groups in total. The first-order chi connectivity index (χ1) is 18.8. The maximum atomic E-state index is 5.06. The molecule has 39 heavy (non-hydrogen) atoms. The van der Waals surface area contributed by atoms with Crippen molar-refractivity contribution >= 4 is 10.9 Å². The van der Waals surface area contributed by atoms with Gasteiger partial charge in [-0.05, 0) is 52.8 Å². The Morgan fingerprint density at radius 3 is 2.23 bits per heavy atom. The summed E-state index contributed by atoms with van der Waals surface area (Å²) in [5.74, 6) is 2.00. The maximum Gasteiger partial charge on any atom is 0.0710 e. The van der Waals surface area contributed by atoms with Crippen LogP contribution in [-0.4, -0.2) is 9.97 Å². The van der Waals surface area contributed by atoms with Crippen molar-refractivity contribution < 1.29 is 20.1 Å². The third-order valence-electron chi connectivity index (χ3n) is 7.76. The van der Waals surface area contributed by atoms with E-state index < -0.39 is 0 Å². The van der Waals surface area contributed by atoms with Crippen LogP contribution in [0.1, 0.15) is 5.69 Å². The van der Waals surface area contributed by atoms with E-state index in [0.717, 1.165) is 22.5 Å². The van der Waals surface area contributed by atoms with Gasteiger partial charge in [0.15, 0.2) is 0 Å². The molecule has 4 bridgehead atoms. The zero-order valence-corrected chi connectivity index (χ0v) is 23.6. The molecule has 0 spiro atoms. The van der Waals surface area contributed by atoms with Crippen LogP contribution in [0.4, 0.5) is 0 Å². The van der Waals surface area contributed by atoms with Gasteiger partial charge < -0.3 is 11.1 Å². The fraction of sp³-hybridized carbons (Fsp3) is 0.111. The summed E-state index contributed by atoms with van der Waals surface area (Å²) >= 11 is 0. The summed E-state index contributed by atoms with van der Waals surface area (Å²) in [6, 6.07) is 38.1. The second kappa shape index (κ2) is 10.7. The quantitative estimate of drug-likeness (QED) is 0.143. The molecule has 2 atom stereocenters. The number of nitrogens with zero attached hydrogens (tertiary/aromatic N) is 2. The van der Waals surface area contributed by atoms with Gasteiger partial charge in [-0.1, -0.05) is 78.2 Å². The van der Waals surface area contributed by atoms with E-state index in [1.807, 2.05) is 42.5 Å². The first-order valence-electron chi connectivity index (χ1n) is 13.1. The molecule has 2 aromatic heterocycles. The van der Waals surface area contributed by atoms with Gasteiger partial charge in [0.2, 0.25) is 0 Å². The zero-order valence-electron chi connectivity index (χ0n) is 21.2. The van der Waals surface area contributed by atoms with Crippen LogP contribution in [0.5, 0.6) is 0 Å². The van der Waals surface area contributed by atoms with Crippen molar-refractivity contribution in [2.24, 2.45) is 17.8 Å². The Kier molecular flexibility index (Phi) is 6.95. The summed E-state index contributed by atoms with van der Waals surface area (Å²) < 4.78 is 0. The van der Waals surface area contributed by atoms with Crippen molar-refractivity contribution in [3.63, 3.8) is 0 Å². The van der Waals surface area contributed by atoms with Gasteiger partial charge in [-0.2, -0.15) is 0 Å². The average molecular weight is 679 g/mol. The molecule has 4 aliphatic carbocycles. The largest absolute Gasteiger partial charge is 0.480 e. The minimum Gasteiger partial charge on any atom is -0.480 e. The second-order valence-electron chi connectivity index (χ2n) is 10.1. The van der Waals surface area contributed by atoms with Crippen molar-refractivity contribution in [3.05, 3.63) is 158 Å². The molecule has 4 aliphatic rings. The molecule has 0 aliphatic heterocycles. The van der Waals surface area contributed by atoms with Crippen LogP contribution in [-0.2, 0) is 25.5 Å². The number of fused-ring (bicyclic) bond motifs is 1. The van der Waals surface area contributed by atoms with Crippen LogP contribution in [0.3, 0.4) is 0 Å². The molecule has 3 heteroatoms. The van der Waals surface area contributed by atoms with Crippen LogP contribution in [0.25, 0.3) is 33.3 Å². The molecule has 0 saturated heterocycles. The van der Waals surface area contributed by atoms with E-state index in [0.29, 0.717) is 17.8 Å². The number of hydrogen-bond acceptors (Lipinski definition) is 2. The van der Waals surface area contributed by atoms with Gasteiger partial charge in [-0.3, -0.25) is 11.1 Å². The second-order valence-corrected chi connectivity index (χ2v) is 10.1. The molecule has 2 unspecified atom stereocenters. The zero-order chi connectivity index (χ0) is 25.4. The van der Waals surface area contributed by atoms with Crippen LogP contribution in [0.2, 0.25) is 0 Å². The van der Waals surface area contributed by atoms with Gasteiger partial charge in [-0.25, -0.2) is 0 Å². The summed E-state index contributed by atoms with van der Waals surface area (Å²) in [7, 11) is 0. The fourth-order valence-corrected chi connectivity index (χ4v) is 5.61. The normalized spacial score (nSPS) is 23.2. The van der Waals surface area contributed by atoms with Crippen molar-refractivity contribution in [1.82, 2.24) is 9.97 Å². The molecule has 2 heterocycles. The Morgan fingerprint density at radius 1 is 0.692 bits per heavy atom. The molecule has 1 saturated carbocycles. The van der Waals surface area contributed by atoms with E-state index in [2.05, 4.69) is 108 Å². The summed E-state index contributed by atoms with van der Waals surface area (Å²) in [4.78, 5) is 9.28. The molecule has 1 fully saturated rings. The summed E-state index contributed by atoms with van der Waals surface area (Å²) in [5.41, 5.74) is 6.26. The third kappa shape index (κ3) is 4.85. The predicted octanol–water partition coefficient (Wildman–Crippen LogP) is 8.05. The van der Waals surface area contributed by atoms with Crippen molar-refractivity contribution in [2.75, 3.05) is 0 Å². The Morgan fingerprint density at radius 2 is 1.49 bits per heavy atom. The topological polar surface area (TPSA) is 25.8 Å². The monoisotopic (exact) mass is 679 g/mol. The molecule has 1 radical (unpaired) electrons. The van der Waals surface area contributed by atoms with E-state index >= 15 is 0 Å². The number of aromatic nitrogens is 2. The number of rotatable bonds is 3. The minimum atomic E-state index is -0.310. The average Bonchev–Trinajstić information content (AvgIpc) is 3.78. The van der Waals surface area contributed by atoms with Crippen LogP contribution < -0.4 is 0 Å². The van der Waals surface area contributed by atoms with Crippen LogP contribution in [0.15, 0.2) is 140 Å².